The molecule has 2 aromatic carbocycles. The Kier molecular flexibility index (Phi) is 6.01. The second-order valence-corrected chi connectivity index (χ2v) is 5.90. The van der Waals surface area contributed by atoms with Gasteiger partial charge in [0.1, 0.15) is 11.3 Å². The molecule has 0 saturated carbocycles. The zero-order valence-corrected chi connectivity index (χ0v) is 14.6. The van der Waals surface area contributed by atoms with E-state index in [1.165, 1.54) is 0 Å². The van der Waals surface area contributed by atoms with Crippen LogP contribution in [0.15, 0.2) is 48.8 Å². The number of carbonyl (C=O) groups is 2. The van der Waals surface area contributed by atoms with E-state index in [2.05, 4.69) is 15.3 Å². The molecule has 1 aromatic heterocycles. The number of nitrogens with one attached hydrogen (secondary N) is 3. The monoisotopic (exact) mass is 368 g/mol. The Morgan fingerprint density at radius 3 is 2.81 bits per heavy atom. The molecule has 3 rings (SSSR count). The number of aromatic nitrogens is 2. The second-order valence-electron chi connectivity index (χ2n) is 5.90. The Morgan fingerprint density at radius 1 is 1.11 bits per heavy atom. The van der Waals surface area contributed by atoms with Gasteiger partial charge in [-0.3, -0.25) is 14.8 Å². The lowest BCUT2D eigenvalue weighted by molar-refractivity contribution is -0.129. The highest BCUT2D eigenvalue weighted by Crippen LogP contribution is 2.23. The number of aromatic amines is 1. The molecule has 0 bridgehead atoms. The maximum atomic E-state index is 12.7. The van der Waals surface area contributed by atoms with Crippen LogP contribution in [-0.2, 0) is 4.79 Å². The first-order chi connectivity index (χ1) is 13.2. The third kappa shape index (κ3) is 4.62. The van der Waals surface area contributed by atoms with Crippen LogP contribution in [0.25, 0.3) is 11.0 Å². The molecule has 0 aliphatic rings. The molecular formula is C19H20N4O4. The van der Waals surface area contributed by atoms with E-state index < -0.39 is 5.91 Å². The summed E-state index contributed by atoms with van der Waals surface area (Å²) in [5, 5.41) is 11.3. The number of unbranched alkanes of at least 4 members (excludes halogenated alkanes) is 1. The van der Waals surface area contributed by atoms with Gasteiger partial charge in [-0.1, -0.05) is 18.2 Å². The van der Waals surface area contributed by atoms with Crippen LogP contribution in [0.3, 0.4) is 0 Å². The van der Waals surface area contributed by atoms with Gasteiger partial charge in [0.05, 0.1) is 29.7 Å². The van der Waals surface area contributed by atoms with Crippen LogP contribution in [0.5, 0.6) is 5.75 Å². The van der Waals surface area contributed by atoms with Crippen LogP contribution in [0.2, 0.25) is 0 Å². The smallest absolute Gasteiger partial charge is 0.259 e. The van der Waals surface area contributed by atoms with Crippen molar-refractivity contribution in [1.82, 2.24) is 15.4 Å². The fourth-order valence-corrected chi connectivity index (χ4v) is 2.66. The van der Waals surface area contributed by atoms with Crippen molar-refractivity contribution < 1.29 is 19.5 Å². The number of para-hydroxylation sites is 2. The van der Waals surface area contributed by atoms with Gasteiger partial charge in [-0.25, -0.2) is 10.5 Å². The van der Waals surface area contributed by atoms with E-state index in [-0.39, 0.29) is 12.3 Å². The lowest BCUT2D eigenvalue weighted by atomic mass is 10.1. The number of imidazole rings is 1. The molecule has 140 valence electrons. The minimum absolute atomic E-state index is 0.218. The molecule has 1 heterocycles. The van der Waals surface area contributed by atoms with E-state index in [4.69, 9.17) is 9.94 Å². The summed E-state index contributed by atoms with van der Waals surface area (Å²) < 4.78 is 5.71. The maximum Gasteiger partial charge on any atom is 0.259 e. The van der Waals surface area contributed by atoms with Crippen molar-refractivity contribution >= 4 is 28.5 Å². The topological polar surface area (TPSA) is 116 Å². The van der Waals surface area contributed by atoms with Crippen molar-refractivity contribution in [2.45, 2.75) is 19.3 Å². The highest BCUT2D eigenvalue weighted by molar-refractivity contribution is 6.09. The fraction of sp³-hybridized carbons (Fsp3) is 0.211. The van der Waals surface area contributed by atoms with Gasteiger partial charge in [0.25, 0.3) is 5.91 Å². The Hall–Kier alpha value is -3.39. The van der Waals surface area contributed by atoms with Crippen LogP contribution in [0, 0.1) is 0 Å². The molecular weight excluding hydrogens is 348 g/mol. The number of fused-ring (bicyclic) bond motifs is 1. The van der Waals surface area contributed by atoms with Crippen molar-refractivity contribution in [3.05, 3.63) is 54.4 Å². The average Bonchev–Trinajstić information content (AvgIpc) is 3.17. The summed E-state index contributed by atoms with van der Waals surface area (Å²) in [4.78, 5) is 30.9. The second kappa shape index (κ2) is 8.81. The van der Waals surface area contributed by atoms with E-state index in [0.29, 0.717) is 42.0 Å². The van der Waals surface area contributed by atoms with Gasteiger partial charge in [-0.15, -0.1) is 0 Å². The number of amides is 2. The predicted molar refractivity (Wildman–Crippen MR) is 99.8 cm³/mol. The van der Waals surface area contributed by atoms with Crippen LogP contribution >= 0.6 is 0 Å². The van der Waals surface area contributed by atoms with Crippen molar-refractivity contribution in [2.24, 2.45) is 0 Å². The first-order valence-electron chi connectivity index (χ1n) is 8.57. The number of anilines is 1. The quantitative estimate of drug-likeness (QED) is 0.277. The third-order valence-electron chi connectivity index (χ3n) is 4.01. The van der Waals surface area contributed by atoms with E-state index in [1.54, 1.807) is 42.1 Å². The van der Waals surface area contributed by atoms with Crippen LogP contribution in [0.1, 0.15) is 29.6 Å². The Morgan fingerprint density at radius 2 is 1.96 bits per heavy atom. The summed E-state index contributed by atoms with van der Waals surface area (Å²) in [6.07, 6.45) is 2.99. The number of hydrogen-bond acceptors (Lipinski definition) is 5. The largest absolute Gasteiger partial charge is 0.493 e. The number of hydroxylamine groups is 1. The molecule has 0 atom stereocenters. The van der Waals surface area contributed by atoms with Crippen molar-refractivity contribution in [3.8, 4) is 5.75 Å². The number of H-pyrrole nitrogens is 1. The van der Waals surface area contributed by atoms with Crippen LogP contribution in [-0.4, -0.2) is 33.6 Å². The van der Waals surface area contributed by atoms with Gasteiger partial charge in [-0.05, 0) is 37.1 Å². The fourth-order valence-electron chi connectivity index (χ4n) is 2.66. The number of ether oxygens (including phenoxy) is 1. The Balaban J connectivity index is 1.63. The maximum absolute atomic E-state index is 12.7. The minimum Gasteiger partial charge on any atom is -0.493 e. The molecule has 0 fully saturated rings. The minimum atomic E-state index is -0.428. The molecule has 0 spiro atoms. The molecule has 2 amide bonds. The van der Waals surface area contributed by atoms with E-state index in [9.17, 15) is 9.59 Å². The molecule has 27 heavy (non-hydrogen) atoms. The van der Waals surface area contributed by atoms with Gasteiger partial charge < -0.3 is 15.0 Å². The number of benzene rings is 2. The molecule has 0 unspecified atom stereocenters. The highest BCUT2D eigenvalue weighted by Gasteiger charge is 2.14. The summed E-state index contributed by atoms with van der Waals surface area (Å²) >= 11 is 0. The first-order valence-corrected chi connectivity index (χ1v) is 8.57. The van der Waals surface area contributed by atoms with Gasteiger partial charge >= 0.3 is 0 Å². The SMILES string of the molecule is O=C(CCCCOc1ccccc1C(=O)Nc1cccc2[nH]cnc12)NO. The zero-order chi connectivity index (χ0) is 19.1. The van der Waals surface area contributed by atoms with Crippen molar-refractivity contribution in [2.75, 3.05) is 11.9 Å². The summed E-state index contributed by atoms with van der Waals surface area (Å²) in [6, 6.07) is 12.5. The van der Waals surface area contributed by atoms with Crippen molar-refractivity contribution in [1.29, 1.82) is 0 Å². The summed E-state index contributed by atoms with van der Waals surface area (Å²) in [5.74, 6) is -0.251. The predicted octanol–water partition coefficient (Wildman–Crippen LogP) is 2.87. The van der Waals surface area contributed by atoms with E-state index in [1.807, 2.05) is 12.1 Å². The van der Waals surface area contributed by atoms with Gasteiger partial charge in [0.2, 0.25) is 5.91 Å². The highest BCUT2D eigenvalue weighted by atomic mass is 16.5. The van der Waals surface area contributed by atoms with Gasteiger partial charge in [0.15, 0.2) is 0 Å². The number of carbonyl (C=O) groups excluding carboxylic acids is 2. The molecule has 8 heteroatoms. The van der Waals surface area contributed by atoms with E-state index >= 15 is 0 Å². The molecule has 0 aliphatic heterocycles. The number of nitrogens with zero attached hydrogens (tertiary/aromatic N) is 1. The van der Waals surface area contributed by atoms with Crippen LogP contribution in [0.4, 0.5) is 5.69 Å². The average molecular weight is 368 g/mol. The molecule has 0 saturated heterocycles. The Labute approximate surface area is 155 Å². The molecule has 3 aromatic rings. The van der Waals surface area contributed by atoms with Crippen LogP contribution < -0.4 is 15.5 Å². The normalized spacial score (nSPS) is 10.6. The molecule has 0 aliphatic carbocycles. The lowest BCUT2D eigenvalue weighted by Crippen LogP contribution is -2.18. The third-order valence-corrected chi connectivity index (χ3v) is 4.01. The number of hydrogen-bond donors (Lipinski definition) is 4. The summed E-state index contributed by atoms with van der Waals surface area (Å²) in [5.41, 5.74) is 4.14. The summed E-state index contributed by atoms with van der Waals surface area (Å²) in [7, 11) is 0. The number of rotatable bonds is 8. The Bertz CT molecular complexity index is 938. The van der Waals surface area contributed by atoms with Gasteiger partial charge in [-0.2, -0.15) is 0 Å². The van der Waals surface area contributed by atoms with Gasteiger partial charge in [0, 0.05) is 6.42 Å². The summed E-state index contributed by atoms with van der Waals surface area (Å²) in [6.45, 7) is 0.359. The molecule has 8 nitrogen and oxygen atoms in total. The molecule has 4 N–H and O–H groups in total. The van der Waals surface area contributed by atoms with E-state index in [0.717, 1.165) is 5.52 Å². The van der Waals surface area contributed by atoms with Crippen molar-refractivity contribution in [3.63, 3.8) is 0 Å². The lowest BCUT2D eigenvalue weighted by Gasteiger charge is -2.12. The molecule has 0 radical (unpaired) electrons. The first kappa shape index (κ1) is 18.4. The standard InChI is InChI=1S/C19H20N4O4/c24-17(23-26)10-3-4-11-27-16-9-2-1-6-13(16)19(25)22-15-8-5-7-14-18(15)21-12-20-14/h1-2,5-9,12,26H,3-4,10-11H2,(H,20,21)(H,22,25)(H,23,24). The zero-order valence-electron chi connectivity index (χ0n) is 14.6.